The van der Waals surface area contributed by atoms with Gasteiger partial charge in [0.25, 0.3) is 10.1 Å². The zero-order chi connectivity index (χ0) is 17.5. The van der Waals surface area contributed by atoms with E-state index in [1.54, 1.807) is 0 Å². The second-order valence-electron chi connectivity index (χ2n) is 7.05. The summed E-state index contributed by atoms with van der Waals surface area (Å²) < 4.78 is 30.6. The summed E-state index contributed by atoms with van der Waals surface area (Å²) in [5.74, 6) is -0.184. The van der Waals surface area contributed by atoms with E-state index in [1.165, 1.54) is 16.3 Å². The van der Waals surface area contributed by atoms with E-state index < -0.39 is 10.1 Å². The number of aliphatic imine (C=N–C) groups is 1. The van der Waals surface area contributed by atoms with Crippen molar-refractivity contribution >= 4 is 32.3 Å². The summed E-state index contributed by atoms with van der Waals surface area (Å²) in [6.45, 7) is 6.47. The van der Waals surface area contributed by atoms with Crippen LogP contribution in [0.1, 0.15) is 44.7 Å². The molecule has 1 aliphatic rings. The first-order valence-electron chi connectivity index (χ1n) is 8.26. The quantitative estimate of drug-likeness (QED) is 0.644. The highest BCUT2D eigenvalue weighted by atomic mass is 32.2. The lowest BCUT2D eigenvalue weighted by Crippen LogP contribution is -2.23. The molecule has 128 valence electrons. The van der Waals surface area contributed by atoms with E-state index >= 15 is 0 Å². The molecule has 0 aromatic heterocycles. The van der Waals surface area contributed by atoms with E-state index in [-0.39, 0.29) is 11.2 Å². The van der Waals surface area contributed by atoms with Crippen molar-refractivity contribution < 1.29 is 13.0 Å². The Bertz CT molecular complexity index is 927. The van der Waals surface area contributed by atoms with Crippen molar-refractivity contribution in [1.82, 2.24) is 0 Å². The zero-order valence-electron chi connectivity index (χ0n) is 14.3. The number of nitrogens with zero attached hydrogens (tertiary/aromatic N) is 1. The molecule has 2 aromatic rings. The fourth-order valence-electron chi connectivity index (χ4n) is 3.43. The number of aryl methyl sites for hydroxylation is 1. The Morgan fingerprint density at radius 3 is 2.58 bits per heavy atom. The molecule has 5 heteroatoms. The number of hydrogen-bond donors (Lipinski definition) is 1. The first-order valence-corrected chi connectivity index (χ1v) is 9.87. The first-order chi connectivity index (χ1) is 11.2. The van der Waals surface area contributed by atoms with Crippen molar-refractivity contribution in [3.05, 3.63) is 41.5 Å². The Morgan fingerprint density at radius 2 is 1.88 bits per heavy atom. The molecule has 24 heavy (non-hydrogen) atoms. The third-order valence-electron chi connectivity index (χ3n) is 5.01. The highest BCUT2D eigenvalue weighted by Gasteiger charge is 2.35. The second-order valence-corrected chi connectivity index (χ2v) is 8.62. The molecule has 1 heterocycles. The second kappa shape index (κ2) is 5.97. The number of hydrogen-bond acceptors (Lipinski definition) is 3. The Morgan fingerprint density at radius 1 is 1.17 bits per heavy atom. The summed E-state index contributed by atoms with van der Waals surface area (Å²) in [5.41, 5.74) is 4.47. The van der Waals surface area contributed by atoms with Gasteiger partial charge in [-0.3, -0.25) is 9.55 Å². The van der Waals surface area contributed by atoms with Gasteiger partial charge in [-0.2, -0.15) is 8.42 Å². The predicted octanol–water partition coefficient (Wildman–Crippen LogP) is 4.43. The molecule has 0 aliphatic carbocycles. The molecule has 0 spiro atoms. The van der Waals surface area contributed by atoms with Gasteiger partial charge in [0.1, 0.15) is 0 Å². The molecule has 1 N–H and O–H groups in total. The Hall–Kier alpha value is -1.72. The van der Waals surface area contributed by atoms with Gasteiger partial charge in [0.05, 0.1) is 11.4 Å². The summed E-state index contributed by atoms with van der Waals surface area (Å²) in [5, 5.41) is 2.43. The van der Waals surface area contributed by atoms with Crippen LogP contribution in [0.5, 0.6) is 0 Å². The monoisotopic (exact) mass is 345 g/mol. The molecule has 0 saturated heterocycles. The van der Waals surface area contributed by atoms with Crippen LogP contribution in [-0.2, 0) is 22.0 Å². The van der Waals surface area contributed by atoms with Crippen LogP contribution in [0.2, 0.25) is 0 Å². The van der Waals surface area contributed by atoms with Crippen molar-refractivity contribution in [2.45, 2.75) is 45.4 Å². The molecule has 0 atom stereocenters. The minimum Gasteiger partial charge on any atom is -0.286 e. The van der Waals surface area contributed by atoms with Crippen LogP contribution in [0.3, 0.4) is 0 Å². The molecule has 0 saturated carbocycles. The van der Waals surface area contributed by atoms with Gasteiger partial charge in [-0.05, 0) is 54.2 Å². The molecule has 0 radical (unpaired) electrons. The maximum atomic E-state index is 10.9. The van der Waals surface area contributed by atoms with Gasteiger partial charge in [0.15, 0.2) is 0 Å². The lowest BCUT2D eigenvalue weighted by molar-refractivity contribution is 0.480. The molecular formula is C19H23NO3S. The summed E-state index contributed by atoms with van der Waals surface area (Å²) in [6.07, 6.45) is 1.92. The molecule has 0 bridgehead atoms. The average molecular weight is 345 g/mol. The third kappa shape index (κ3) is 3.10. The van der Waals surface area contributed by atoms with Crippen molar-refractivity contribution in [2.75, 3.05) is 5.75 Å². The van der Waals surface area contributed by atoms with Gasteiger partial charge in [0.2, 0.25) is 0 Å². The van der Waals surface area contributed by atoms with Crippen molar-refractivity contribution in [3.8, 4) is 0 Å². The Labute approximate surface area is 143 Å². The van der Waals surface area contributed by atoms with Gasteiger partial charge >= 0.3 is 0 Å². The van der Waals surface area contributed by atoms with Crippen LogP contribution in [0, 0.1) is 0 Å². The van der Waals surface area contributed by atoms with Crippen LogP contribution < -0.4 is 0 Å². The Balaban J connectivity index is 1.99. The minimum atomic E-state index is -3.88. The van der Waals surface area contributed by atoms with Gasteiger partial charge in [-0.15, -0.1) is 0 Å². The van der Waals surface area contributed by atoms with Crippen LogP contribution in [0.25, 0.3) is 10.8 Å². The number of benzene rings is 2. The molecule has 0 fully saturated rings. The van der Waals surface area contributed by atoms with E-state index in [4.69, 9.17) is 9.55 Å². The number of fused-ring (bicyclic) bond motifs is 3. The summed E-state index contributed by atoms with van der Waals surface area (Å²) in [4.78, 5) is 4.83. The van der Waals surface area contributed by atoms with Gasteiger partial charge in [0, 0.05) is 11.1 Å². The fourth-order valence-corrected chi connectivity index (χ4v) is 4.00. The lowest BCUT2D eigenvalue weighted by atomic mass is 9.78. The highest BCUT2D eigenvalue weighted by molar-refractivity contribution is 7.85. The van der Waals surface area contributed by atoms with E-state index in [9.17, 15) is 8.42 Å². The van der Waals surface area contributed by atoms with E-state index in [2.05, 4.69) is 45.0 Å². The molecule has 3 rings (SSSR count). The standard InChI is InChI=1S/C19H23NO3S/c1-13-19(2,3)17-16-10-5-4-8-14(16)12-15(18(17)20-13)9-6-7-11-24(21,22)23/h4-5,8,10,12H,6-7,9,11H2,1-3H3,(H,21,22,23). The normalized spacial score (nSPS) is 16.2. The van der Waals surface area contributed by atoms with Crippen molar-refractivity contribution in [3.63, 3.8) is 0 Å². The molecule has 0 amide bonds. The maximum Gasteiger partial charge on any atom is 0.264 e. The van der Waals surface area contributed by atoms with Crippen molar-refractivity contribution in [2.24, 2.45) is 4.99 Å². The van der Waals surface area contributed by atoms with E-state index in [0.29, 0.717) is 12.8 Å². The molecule has 1 aliphatic heterocycles. The minimum absolute atomic E-state index is 0.0978. The van der Waals surface area contributed by atoms with Crippen LogP contribution >= 0.6 is 0 Å². The lowest BCUT2D eigenvalue weighted by Gasteiger charge is -2.23. The molecule has 2 aromatic carbocycles. The van der Waals surface area contributed by atoms with Crippen LogP contribution in [0.15, 0.2) is 35.3 Å². The molecular weight excluding hydrogens is 322 g/mol. The van der Waals surface area contributed by atoms with E-state index in [1.807, 2.05) is 6.07 Å². The number of rotatable bonds is 5. The van der Waals surface area contributed by atoms with Crippen LogP contribution in [-0.4, -0.2) is 24.4 Å². The SMILES string of the molecule is CC1=Nc2c(CCCCS(=O)(=O)O)cc3ccccc3c2C1(C)C. The van der Waals surface area contributed by atoms with E-state index in [0.717, 1.165) is 23.4 Å². The van der Waals surface area contributed by atoms with Gasteiger partial charge < -0.3 is 0 Å². The fraction of sp³-hybridized carbons (Fsp3) is 0.421. The van der Waals surface area contributed by atoms with Crippen molar-refractivity contribution in [1.29, 1.82) is 0 Å². The highest BCUT2D eigenvalue weighted by Crippen LogP contribution is 2.46. The average Bonchev–Trinajstić information content (AvgIpc) is 2.73. The first kappa shape index (κ1) is 17.1. The smallest absolute Gasteiger partial charge is 0.264 e. The van der Waals surface area contributed by atoms with Crippen LogP contribution in [0.4, 0.5) is 5.69 Å². The summed E-state index contributed by atoms with van der Waals surface area (Å²) >= 11 is 0. The summed E-state index contributed by atoms with van der Waals surface area (Å²) in [7, 11) is -3.88. The van der Waals surface area contributed by atoms with Gasteiger partial charge in [-0.25, -0.2) is 0 Å². The molecule has 0 unspecified atom stereocenters. The predicted molar refractivity (Wildman–Crippen MR) is 99.1 cm³/mol. The molecule has 4 nitrogen and oxygen atoms in total. The Kier molecular flexibility index (Phi) is 4.26. The topological polar surface area (TPSA) is 66.7 Å². The van der Waals surface area contributed by atoms with Gasteiger partial charge in [-0.1, -0.05) is 38.1 Å². The maximum absolute atomic E-state index is 10.9. The third-order valence-corrected chi connectivity index (χ3v) is 5.81. The number of unbranched alkanes of at least 4 members (excludes halogenated alkanes) is 1. The largest absolute Gasteiger partial charge is 0.286 e. The zero-order valence-corrected chi connectivity index (χ0v) is 15.2. The summed E-state index contributed by atoms with van der Waals surface area (Å²) in [6, 6.07) is 10.5.